The first-order valence-electron chi connectivity index (χ1n) is 8.93. The number of methoxy groups -OCH3 is 2. The number of benzene rings is 1. The van der Waals surface area contributed by atoms with Crippen molar-refractivity contribution in [2.45, 2.75) is 47.1 Å². The molecule has 0 radical (unpaired) electrons. The SMILES string of the molecule is COc1ccc(OC)c(C=CC=CC(=O)OC(CC(C)(C)C)C(C)C)c1. The van der Waals surface area contributed by atoms with Gasteiger partial charge in [0, 0.05) is 11.6 Å². The molecule has 1 aromatic carbocycles. The molecule has 0 saturated heterocycles. The number of esters is 1. The summed E-state index contributed by atoms with van der Waals surface area (Å²) < 4.78 is 16.2. The Labute approximate surface area is 157 Å². The molecule has 26 heavy (non-hydrogen) atoms. The summed E-state index contributed by atoms with van der Waals surface area (Å²) in [6, 6.07) is 5.56. The van der Waals surface area contributed by atoms with Gasteiger partial charge in [0.15, 0.2) is 0 Å². The molecule has 0 spiro atoms. The van der Waals surface area contributed by atoms with Gasteiger partial charge in [0.1, 0.15) is 17.6 Å². The lowest BCUT2D eigenvalue weighted by atomic mass is 9.85. The molecule has 0 bridgehead atoms. The molecule has 0 aromatic heterocycles. The van der Waals surface area contributed by atoms with Crippen molar-refractivity contribution in [3.05, 3.63) is 42.0 Å². The Morgan fingerprint density at radius 1 is 1.12 bits per heavy atom. The smallest absolute Gasteiger partial charge is 0.331 e. The highest BCUT2D eigenvalue weighted by atomic mass is 16.5. The fraction of sp³-hybridized carbons (Fsp3) is 0.500. The Morgan fingerprint density at radius 3 is 2.35 bits per heavy atom. The largest absolute Gasteiger partial charge is 0.497 e. The molecule has 4 heteroatoms. The predicted octanol–water partition coefficient (Wildman–Crippen LogP) is 5.28. The number of allylic oxidation sites excluding steroid dienone is 2. The van der Waals surface area contributed by atoms with Crippen molar-refractivity contribution in [3.63, 3.8) is 0 Å². The third kappa shape index (κ3) is 7.77. The van der Waals surface area contributed by atoms with Crippen LogP contribution in [-0.4, -0.2) is 26.3 Å². The van der Waals surface area contributed by atoms with E-state index in [4.69, 9.17) is 14.2 Å². The lowest BCUT2D eigenvalue weighted by molar-refractivity contribution is -0.146. The molecule has 1 rings (SSSR count). The molecule has 0 aliphatic carbocycles. The zero-order valence-electron chi connectivity index (χ0n) is 17.0. The van der Waals surface area contributed by atoms with Gasteiger partial charge < -0.3 is 14.2 Å². The number of carbonyl (C=O) groups is 1. The van der Waals surface area contributed by atoms with Crippen molar-refractivity contribution in [3.8, 4) is 11.5 Å². The average Bonchev–Trinajstić information content (AvgIpc) is 2.56. The highest BCUT2D eigenvalue weighted by Crippen LogP contribution is 2.27. The Kier molecular flexibility index (Phi) is 8.43. The van der Waals surface area contributed by atoms with E-state index in [1.807, 2.05) is 24.3 Å². The third-order valence-electron chi connectivity index (χ3n) is 3.88. The highest BCUT2D eigenvalue weighted by Gasteiger charge is 2.24. The van der Waals surface area contributed by atoms with Crippen LogP contribution in [0.15, 0.2) is 36.4 Å². The quantitative estimate of drug-likeness (QED) is 0.359. The molecule has 0 amide bonds. The fourth-order valence-corrected chi connectivity index (χ4v) is 2.47. The third-order valence-corrected chi connectivity index (χ3v) is 3.88. The second-order valence-electron chi connectivity index (χ2n) is 7.81. The van der Waals surface area contributed by atoms with Gasteiger partial charge in [-0.05, 0) is 36.0 Å². The summed E-state index contributed by atoms with van der Waals surface area (Å²) in [5.74, 6) is 1.44. The molecule has 0 aliphatic heterocycles. The van der Waals surface area contributed by atoms with Crippen LogP contribution in [0.25, 0.3) is 6.08 Å². The van der Waals surface area contributed by atoms with E-state index in [0.29, 0.717) is 0 Å². The summed E-state index contributed by atoms with van der Waals surface area (Å²) in [4.78, 5) is 12.1. The molecule has 0 heterocycles. The van der Waals surface area contributed by atoms with Crippen LogP contribution in [0.4, 0.5) is 0 Å². The topological polar surface area (TPSA) is 44.8 Å². The van der Waals surface area contributed by atoms with Gasteiger partial charge in [0.2, 0.25) is 0 Å². The van der Waals surface area contributed by atoms with E-state index < -0.39 is 0 Å². The standard InChI is InChI=1S/C22H32O4/c1-16(2)20(15-22(3,4)5)26-21(23)11-9-8-10-17-14-18(24-6)12-13-19(17)25-7/h8-14,16,20H,15H2,1-7H3. The lowest BCUT2D eigenvalue weighted by Crippen LogP contribution is -2.27. The minimum absolute atomic E-state index is 0.0883. The fourth-order valence-electron chi connectivity index (χ4n) is 2.47. The number of ether oxygens (including phenoxy) is 3. The van der Waals surface area contributed by atoms with Crippen LogP contribution in [-0.2, 0) is 9.53 Å². The van der Waals surface area contributed by atoms with Gasteiger partial charge in [-0.1, -0.05) is 52.8 Å². The Balaban J connectivity index is 2.72. The summed E-state index contributed by atoms with van der Waals surface area (Å²) in [5, 5.41) is 0. The molecule has 144 valence electrons. The first kappa shape index (κ1) is 21.8. The van der Waals surface area contributed by atoms with E-state index >= 15 is 0 Å². The van der Waals surface area contributed by atoms with E-state index in [1.54, 1.807) is 26.4 Å². The van der Waals surface area contributed by atoms with E-state index in [9.17, 15) is 4.79 Å². The van der Waals surface area contributed by atoms with Crippen molar-refractivity contribution in [1.29, 1.82) is 0 Å². The first-order valence-corrected chi connectivity index (χ1v) is 8.93. The van der Waals surface area contributed by atoms with Gasteiger partial charge in [-0.25, -0.2) is 4.79 Å². The van der Waals surface area contributed by atoms with Crippen molar-refractivity contribution < 1.29 is 19.0 Å². The molecule has 0 aliphatic rings. The monoisotopic (exact) mass is 360 g/mol. The molecule has 4 nitrogen and oxygen atoms in total. The highest BCUT2D eigenvalue weighted by molar-refractivity contribution is 5.82. The Morgan fingerprint density at radius 2 is 1.81 bits per heavy atom. The Hall–Kier alpha value is -2.23. The van der Waals surface area contributed by atoms with Gasteiger partial charge in [0.25, 0.3) is 0 Å². The average molecular weight is 360 g/mol. The van der Waals surface area contributed by atoms with Crippen LogP contribution in [0.1, 0.15) is 46.6 Å². The van der Waals surface area contributed by atoms with Gasteiger partial charge in [-0.15, -0.1) is 0 Å². The maximum absolute atomic E-state index is 12.1. The summed E-state index contributed by atoms with van der Waals surface area (Å²) >= 11 is 0. The second kappa shape index (κ2) is 10.0. The van der Waals surface area contributed by atoms with Gasteiger partial charge >= 0.3 is 5.97 Å². The predicted molar refractivity (Wildman–Crippen MR) is 107 cm³/mol. The summed E-state index contributed by atoms with van der Waals surface area (Å²) in [5.41, 5.74) is 0.986. The first-order chi connectivity index (χ1) is 12.2. The number of hydrogen-bond donors (Lipinski definition) is 0. The van der Waals surface area contributed by atoms with Crippen LogP contribution in [0.5, 0.6) is 11.5 Å². The maximum Gasteiger partial charge on any atom is 0.331 e. The van der Waals surface area contributed by atoms with E-state index in [1.165, 1.54) is 6.08 Å². The number of rotatable bonds is 8. The molecular formula is C22H32O4. The summed E-state index contributed by atoms with van der Waals surface area (Å²) in [7, 11) is 3.24. The van der Waals surface area contributed by atoms with Crippen molar-refractivity contribution in [2.75, 3.05) is 14.2 Å². The molecule has 1 unspecified atom stereocenters. The van der Waals surface area contributed by atoms with Gasteiger partial charge in [-0.2, -0.15) is 0 Å². The van der Waals surface area contributed by atoms with E-state index in [0.717, 1.165) is 23.5 Å². The molecule has 0 fully saturated rings. The zero-order valence-corrected chi connectivity index (χ0v) is 17.0. The lowest BCUT2D eigenvalue weighted by Gasteiger charge is -2.28. The van der Waals surface area contributed by atoms with Crippen molar-refractivity contribution in [2.24, 2.45) is 11.3 Å². The molecular weight excluding hydrogens is 328 g/mol. The van der Waals surface area contributed by atoms with Gasteiger partial charge in [-0.3, -0.25) is 0 Å². The molecule has 1 atom stereocenters. The zero-order chi connectivity index (χ0) is 19.7. The van der Waals surface area contributed by atoms with Crippen LogP contribution in [0.3, 0.4) is 0 Å². The normalized spacial score (nSPS) is 13.4. The van der Waals surface area contributed by atoms with E-state index in [2.05, 4.69) is 34.6 Å². The minimum Gasteiger partial charge on any atom is -0.497 e. The van der Waals surface area contributed by atoms with Crippen LogP contribution >= 0.6 is 0 Å². The van der Waals surface area contributed by atoms with Crippen LogP contribution in [0, 0.1) is 11.3 Å². The minimum atomic E-state index is -0.324. The Bertz CT molecular complexity index is 636. The second-order valence-corrected chi connectivity index (χ2v) is 7.81. The van der Waals surface area contributed by atoms with Crippen molar-refractivity contribution in [1.82, 2.24) is 0 Å². The molecule has 1 aromatic rings. The van der Waals surface area contributed by atoms with Crippen LogP contribution in [0.2, 0.25) is 0 Å². The maximum atomic E-state index is 12.1. The molecule has 0 N–H and O–H groups in total. The summed E-state index contributed by atoms with van der Waals surface area (Å²) in [6.07, 6.45) is 7.51. The van der Waals surface area contributed by atoms with Crippen molar-refractivity contribution >= 4 is 12.0 Å². The van der Waals surface area contributed by atoms with Crippen LogP contribution < -0.4 is 9.47 Å². The number of hydrogen-bond acceptors (Lipinski definition) is 4. The summed E-state index contributed by atoms with van der Waals surface area (Å²) in [6.45, 7) is 10.6. The van der Waals surface area contributed by atoms with Gasteiger partial charge in [0.05, 0.1) is 14.2 Å². The molecule has 0 saturated carbocycles. The van der Waals surface area contributed by atoms with E-state index in [-0.39, 0.29) is 23.4 Å². The number of carbonyl (C=O) groups excluding carboxylic acids is 1.